The van der Waals surface area contributed by atoms with Crippen LogP contribution in [0.3, 0.4) is 0 Å². The Kier molecular flexibility index (Phi) is 2.33. The molecule has 1 aromatic rings. The lowest BCUT2D eigenvalue weighted by Gasteiger charge is -2.18. The lowest BCUT2D eigenvalue weighted by Crippen LogP contribution is -2.23. The summed E-state index contributed by atoms with van der Waals surface area (Å²) in [7, 11) is 0. The van der Waals surface area contributed by atoms with Crippen LogP contribution in [-0.2, 0) is 0 Å². The van der Waals surface area contributed by atoms with Crippen LogP contribution in [0.4, 0.5) is 0 Å². The Morgan fingerprint density at radius 2 is 2.27 bits per heavy atom. The molecule has 2 atom stereocenters. The van der Waals surface area contributed by atoms with E-state index >= 15 is 0 Å². The number of hydrogen-bond donors (Lipinski definition) is 1. The van der Waals surface area contributed by atoms with Crippen molar-refractivity contribution in [1.29, 1.82) is 0 Å². The van der Waals surface area contributed by atoms with E-state index in [1.807, 2.05) is 6.20 Å². The van der Waals surface area contributed by atoms with E-state index in [-0.39, 0.29) is 0 Å². The fraction of sp³-hybridized carbons (Fsp3) is 0.583. The molecule has 0 radical (unpaired) electrons. The van der Waals surface area contributed by atoms with Crippen molar-refractivity contribution in [3.63, 3.8) is 0 Å². The number of rotatable bonds is 1. The van der Waals surface area contributed by atoms with Gasteiger partial charge in [-0.25, -0.2) is 0 Å². The fourth-order valence-corrected chi connectivity index (χ4v) is 2.79. The summed E-state index contributed by atoms with van der Waals surface area (Å²) in [5.41, 5.74) is 2.65. The van der Waals surface area contributed by atoms with Gasteiger partial charge in [0.25, 0.3) is 0 Å². The molecule has 1 aliphatic carbocycles. The van der Waals surface area contributed by atoms with Crippen LogP contribution in [0.15, 0.2) is 23.1 Å². The van der Waals surface area contributed by atoms with Gasteiger partial charge >= 0.3 is 0 Å². The fourth-order valence-electron chi connectivity index (χ4n) is 2.79. The molecule has 0 saturated carbocycles. The summed E-state index contributed by atoms with van der Waals surface area (Å²) in [6.07, 6.45) is 9.88. The van der Waals surface area contributed by atoms with E-state index in [4.69, 9.17) is 4.52 Å². The summed E-state index contributed by atoms with van der Waals surface area (Å²) in [5, 5.41) is 7.28. The predicted octanol–water partition coefficient (Wildman–Crippen LogP) is 2.08. The molecule has 15 heavy (non-hydrogen) atoms. The minimum atomic E-state index is 0.710. The van der Waals surface area contributed by atoms with Gasteiger partial charge < -0.3 is 9.84 Å². The maximum absolute atomic E-state index is 4.93. The van der Waals surface area contributed by atoms with Crippen LogP contribution in [0, 0.1) is 11.8 Å². The van der Waals surface area contributed by atoms with Crippen LogP contribution in [0.2, 0.25) is 0 Å². The molecule has 0 amide bonds. The van der Waals surface area contributed by atoms with E-state index < -0.39 is 0 Å². The summed E-state index contributed by atoms with van der Waals surface area (Å²) < 4.78 is 4.93. The Hall–Kier alpha value is -1.09. The molecule has 2 unspecified atom stereocenters. The molecule has 2 aliphatic rings. The second-order valence-corrected chi connectivity index (χ2v) is 4.56. The first-order valence-corrected chi connectivity index (χ1v) is 5.75. The number of allylic oxidation sites excluding steroid dienone is 2. The Labute approximate surface area is 89.5 Å². The highest BCUT2D eigenvalue weighted by atomic mass is 16.5. The predicted molar refractivity (Wildman–Crippen MR) is 58.2 cm³/mol. The summed E-state index contributed by atoms with van der Waals surface area (Å²) in [5.74, 6) is 1.47. The smallest absolute Gasteiger partial charge is 0.131 e. The molecule has 1 aliphatic heterocycles. The second kappa shape index (κ2) is 3.81. The number of aromatic nitrogens is 1. The molecule has 0 spiro atoms. The lowest BCUT2D eigenvalue weighted by atomic mass is 9.91. The quantitative estimate of drug-likeness (QED) is 0.761. The monoisotopic (exact) mass is 204 g/mol. The van der Waals surface area contributed by atoms with Crippen LogP contribution in [0.1, 0.15) is 24.8 Å². The third-order valence-corrected chi connectivity index (χ3v) is 3.57. The van der Waals surface area contributed by atoms with Gasteiger partial charge in [-0.2, -0.15) is 0 Å². The number of nitrogens with one attached hydrogen (secondary N) is 1. The molecule has 80 valence electrons. The maximum Gasteiger partial charge on any atom is 0.131 e. The van der Waals surface area contributed by atoms with E-state index in [1.165, 1.54) is 30.4 Å². The summed E-state index contributed by atoms with van der Waals surface area (Å²) in [6.45, 7) is 2.30. The number of nitrogens with zero attached hydrogens (tertiary/aromatic N) is 1. The first-order chi connectivity index (χ1) is 7.43. The topological polar surface area (TPSA) is 38.1 Å². The molecule has 1 fully saturated rings. The zero-order valence-electron chi connectivity index (χ0n) is 8.78. The molecule has 2 heterocycles. The average molecular weight is 204 g/mol. The van der Waals surface area contributed by atoms with E-state index in [0.717, 1.165) is 19.0 Å². The highest BCUT2D eigenvalue weighted by molar-refractivity contribution is 5.68. The molecular weight excluding hydrogens is 188 g/mol. The van der Waals surface area contributed by atoms with E-state index in [0.29, 0.717) is 5.92 Å². The van der Waals surface area contributed by atoms with Gasteiger partial charge in [0.15, 0.2) is 0 Å². The Morgan fingerprint density at radius 1 is 1.33 bits per heavy atom. The molecule has 1 aromatic heterocycles. The zero-order valence-corrected chi connectivity index (χ0v) is 8.78. The summed E-state index contributed by atoms with van der Waals surface area (Å²) in [6, 6.07) is 0. The van der Waals surface area contributed by atoms with Crippen LogP contribution < -0.4 is 5.32 Å². The Bertz CT molecular complexity index is 356. The highest BCUT2D eigenvalue weighted by Crippen LogP contribution is 2.40. The average Bonchev–Trinajstić information content (AvgIpc) is 2.84. The van der Waals surface area contributed by atoms with Crippen molar-refractivity contribution in [1.82, 2.24) is 10.5 Å². The molecular formula is C12H16N2O. The van der Waals surface area contributed by atoms with E-state index in [9.17, 15) is 0 Å². The van der Waals surface area contributed by atoms with Crippen LogP contribution in [0.5, 0.6) is 0 Å². The standard InChI is InChI=1S/C12H16N2O/c1-3-13-4-2-10-5-9(1)6-12(10)11-7-14-15-8-11/h6-10,13H,1-5H2. The van der Waals surface area contributed by atoms with Crippen molar-refractivity contribution < 1.29 is 4.52 Å². The molecule has 3 nitrogen and oxygen atoms in total. The molecule has 2 bridgehead atoms. The molecule has 1 N–H and O–H groups in total. The van der Waals surface area contributed by atoms with Crippen molar-refractivity contribution in [2.75, 3.05) is 13.1 Å². The minimum absolute atomic E-state index is 0.710. The van der Waals surface area contributed by atoms with Crippen LogP contribution >= 0.6 is 0 Å². The second-order valence-electron chi connectivity index (χ2n) is 4.56. The molecule has 3 heteroatoms. The molecule has 0 aromatic carbocycles. The van der Waals surface area contributed by atoms with Crippen LogP contribution in [-0.4, -0.2) is 18.2 Å². The van der Waals surface area contributed by atoms with Crippen molar-refractivity contribution in [2.45, 2.75) is 19.3 Å². The zero-order chi connectivity index (χ0) is 10.1. The SMILES string of the molecule is C1=C(c2cnoc2)C2CCNCCC1C2. The number of hydrogen-bond acceptors (Lipinski definition) is 3. The largest absolute Gasteiger partial charge is 0.364 e. The minimum Gasteiger partial charge on any atom is -0.364 e. The van der Waals surface area contributed by atoms with Gasteiger partial charge in [0.05, 0.1) is 6.20 Å². The first kappa shape index (κ1) is 9.16. The van der Waals surface area contributed by atoms with E-state index in [1.54, 1.807) is 6.26 Å². The third-order valence-electron chi connectivity index (χ3n) is 3.57. The molecule has 1 saturated heterocycles. The third kappa shape index (κ3) is 1.72. The first-order valence-electron chi connectivity index (χ1n) is 5.75. The molecule has 3 rings (SSSR count). The van der Waals surface area contributed by atoms with Gasteiger partial charge in [-0.05, 0) is 49.8 Å². The van der Waals surface area contributed by atoms with Gasteiger partial charge in [-0.3, -0.25) is 0 Å². The van der Waals surface area contributed by atoms with Crippen molar-refractivity contribution >= 4 is 5.57 Å². The van der Waals surface area contributed by atoms with Gasteiger partial charge in [0.2, 0.25) is 0 Å². The Balaban J connectivity index is 1.88. The van der Waals surface area contributed by atoms with Gasteiger partial charge in [-0.1, -0.05) is 11.2 Å². The maximum atomic E-state index is 4.93. The van der Waals surface area contributed by atoms with Gasteiger partial charge in [-0.15, -0.1) is 0 Å². The normalized spacial score (nSPS) is 30.8. The lowest BCUT2D eigenvalue weighted by molar-refractivity contribution is 0.416. The van der Waals surface area contributed by atoms with Crippen molar-refractivity contribution in [3.8, 4) is 0 Å². The Morgan fingerprint density at radius 3 is 3.13 bits per heavy atom. The van der Waals surface area contributed by atoms with E-state index in [2.05, 4.69) is 16.5 Å². The van der Waals surface area contributed by atoms with Crippen LogP contribution in [0.25, 0.3) is 5.57 Å². The highest BCUT2D eigenvalue weighted by Gasteiger charge is 2.28. The number of fused-ring (bicyclic) bond motifs is 2. The van der Waals surface area contributed by atoms with Gasteiger partial charge in [0, 0.05) is 5.56 Å². The summed E-state index contributed by atoms with van der Waals surface area (Å²) in [4.78, 5) is 0. The van der Waals surface area contributed by atoms with Crippen molar-refractivity contribution in [3.05, 3.63) is 24.1 Å². The summed E-state index contributed by atoms with van der Waals surface area (Å²) >= 11 is 0. The van der Waals surface area contributed by atoms with Gasteiger partial charge in [0.1, 0.15) is 6.26 Å². The van der Waals surface area contributed by atoms with Crippen molar-refractivity contribution in [2.24, 2.45) is 11.8 Å².